The lowest BCUT2D eigenvalue weighted by Gasteiger charge is -2.47. The molecule has 0 saturated carbocycles. The Labute approximate surface area is 184 Å². The van der Waals surface area contributed by atoms with E-state index in [1.54, 1.807) is 0 Å². The normalized spacial score (nSPS) is 18.7. The van der Waals surface area contributed by atoms with Crippen molar-refractivity contribution < 1.29 is 14.3 Å². The number of amides is 2. The standard InChI is InChI=1S/C25H31N3O3/c1-20(29)26-23-9-5-6-21(18-23)10-13-27-14-11-25(12-15-27)19-28(16-17-31-25)24(30)22-7-3-2-4-8-22/h2-9,18H,10-17,19H2,1H3,(H,26,29). The van der Waals surface area contributed by atoms with Gasteiger partial charge in [0.2, 0.25) is 5.91 Å². The third kappa shape index (κ3) is 5.51. The van der Waals surface area contributed by atoms with Crippen LogP contribution in [0.4, 0.5) is 5.69 Å². The maximum absolute atomic E-state index is 12.9. The summed E-state index contributed by atoms with van der Waals surface area (Å²) in [4.78, 5) is 28.6. The van der Waals surface area contributed by atoms with Gasteiger partial charge in [0.05, 0.1) is 18.8 Å². The van der Waals surface area contributed by atoms with Crippen LogP contribution < -0.4 is 5.32 Å². The summed E-state index contributed by atoms with van der Waals surface area (Å²) in [6.45, 7) is 6.38. The maximum atomic E-state index is 12.9. The predicted molar refractivity (Wildman–Crippen MR) is 121 cm³/mol. The Kier molecular flexibility index (Phi) is 6.68. The van der Waals surface area contributed by atoms with Crippen molar-refractivity contribution in [3.8, 4) is 0 Å². The molecule has 164 valence electrons. The minimum atomic E-state index is -0.218. The number of nitrogens with zero attached hydrogens (tertiary/aromatic N) is 2. The fourth-order valence-corrected chi connectivity index (χ4v) is 4.56. The Hall–Kier alpha value is -2.70. The maximum Gasteiger partial charge on any atom is 0.254 e. The molecular formula is C25H31N3O3. The van der Waals surface area contributed by atoms with Crippen LogP contribution in [0.2, 0.25) is 0 Å². The number of hydrogen-bond donors (Lipinski definition) is 1. The van der Waals surface area contributed by atoms with Crippen LogP contribution in [0.3, 0.4) is 0 Å². The summed E-state index contributed by atoms with van der Waals surface area (Å²) in [5, 5.41) is 2.85. The second kappa shape index (κ2) is 9.62. The average molecular weight is 422 g/mol. The lowest BCUT2D eigenvalue weighted by molar-refractivity contribution is -0.127. The number of hydrogen-bond acceptors (Lipinski definition) is 4. The van der Waals surface area contributed by atoms with Gasteiger partial charge < -0.3 is 19.9 Å². The van der Waals surface area contributed by atoms with Gasteiger partial charge in [0.15, 0.2) is 0 Å². The predicted octanol–water partition coefficient (Wildman–Crippen LogP) is 3.19. The number of rotatable bonds is 5. The molecule has 2 heterocycles. The van der Waals surface area contributed by atoms with E-state index in [9.17, 15) is 9.59 Å². The fourth-order valence-electron chi connectivity index (χ4n) is 4.56. The molecule has 0 aromatic heterocycles. The number of carbonyl (C=O) groups excluding carboxylic acids is 2. The van der Waals surface area contributed by atoms with Crippen LogP contribution in [0.25, 0.3) is 0 Å². The molecule has 2 aromatic rings. The topological polar surface area (TPSA) is 61.9 Å². The Bertz CT molecular complexity index is 907. The first-order valence-corrected chi connectivity index (χ1v) is 11.1. The van der Waals surface area contributed by atoms with Gasteiger partial charge in [0.1, 0.15) is 0 Å². The number of likely N-dealkylation sites (tertiary alicyclic amines) is 1. The summed E-state index contributed by atoms with van der Waals surface area (Å²) < 4.78 is 6.23. The zero-order chi connectivity index (χ0) is 21.7. The van der Waals surface area contributed by atoms with Crippen molar-refractivity contribution in [1.29, 1.82) is 0 Å². The highest BCUT2D eigenvalue weighted by Gasteiger charge is 2.40. The number of benzene rings is 2. The molecular weight excluding hydrogens is 390 g/mol. The lowest BCUT2D eigenvalue weighted by Crippen LogP contribution is -2.58. The molecule has 0 bridgehead atoms. The SMILES string of the molecule is CC(=O)Nc1cccc(CCN2CCC3(CC2)CN(C(=O)c2ccccc2)CCO3)c1. The van der Waals surface area contributed by atoms with Crippen LogP contribution >= 0.6 is 0 Å². The first kappa shape index (κ1) is 21.5. The molecule has 1 N–H and O–H groups in total. The highest BCUT2D eigenvalue weighted by molar-refractivity contribution is 5.94. The highest BCUT2D eigenvalue weighted by atomic mass is 16.5. The summed E-state index contributed by atoms with van der Waals surface area (Å²) in [5.41, 5.74) is 2.60. The van der Waals surface area contributed by atoms with Crippen LogP contribution in [-0.2, 0) is 16.0 Å². The van der Waals surface area contributed by atoms with Crippen LogP contribution in [0.5, 0.6) is 0 Å². The van der Waals surface area contributed by atoms with Gasteiger partial charge >= 0.3 is 0 Å². The molecule has 2 aliphatic rings. The number of piperidine rings is 1. The van der Waals surface area contributed by atoms with Crippen molar-refractivity contribution in [2.45, 2.75) is 31.8 Å². The summed E-state index contributed by atoms with van der Waals surface area (Å²) in [5.74, 6) is 0.0514. The number of nitrogens with one attached hydrogen (secondary N) is 1. The molecule has 2 aliphatic heterocycles. The third-order valence-corrected chi connectivity index (χ3v) is 6.29. The van der Waals surface area contributed by atoms with Gasteiger partial charge in [-0.2, -0.15) is 0 Å². The summed E-state index contributed by atoms with van der Waals surface area (Å²) in [7, 11) is 0. The minimum absolute atomic E-state index is 0.0502. The summed E-state index contributed by atoms with van der Waals surface area (Å²) >= 11 is 0. The lowest BCUT2D eigenvalue weighted by atomic mass is 9.89. The average Bonchev–Trinajstić information content (AvgIpc) is 2.79. The Balaban J connectivity index is 1.29. The number of anilines is 1. The van der Waals surface area contributed by atoms with E-state index >= 15 is 0 Å². The van der Waals surface area contributed by atoms with Crippen LogP contribution in [0.1, 0.15) is 35.7 Å². The molecule has 2 aromatic carbocycles. The van der Waals surface area contributed by atoms with Gasteiger partial charge in [-0.05, 0) is 49.1 Å². The van der Waals surface area contributed by atoms with Crippen molar-refractivity contribution in [2.75, 3.05) is 44.6 Å². The molecule has 0 aliphatic carbocycles. The summed E-state index contributed by atoms with van der Waals surface area (Å²) in [6, 6.07) is 17.6. The van der Waals surface area contributed by atoms with Crippen LogP contribution in [0, 0.1) is 0 Å². The van der Waals surface area contributed by atoms with Gasteiger partial charge in [-0.15, -0.1) is 0 Å². The van der Waals surface area contributed by atoms with Crippen molar-refractivity contribution in [2.24, 2.45) is 0 Å². The summed E-state index contributed by atoms with van der Waals surface area (Å²) in [6.07, 6.45) is 2.83. The molecule has 6 nitrogen and oxygen atoms in total. The highest BCUT2D eigenvalue weighted by Crippen LogP contribution is 2.31. The van der Waals surface area contributed by atoms with E-state index in [-0.39, 0.29) is 17.4 Å². The van der Waals surface area contributed by atoms with E-state index in [4.69, 9.17) is 4.74 Å². The van der Waals surface area contributed by atoms with E-state index in [0.717, 1.165) is 50.1 Å². The Morgan fingerprint density at radius 1 is 1.03 bits per heavy atom. The van der Waals surface area contributed by atoms with Gasteiger partial charge in [-0.3, -0.25) is 9.59 Å². The first-order valence-electron chi connectivity index (χ1n) is 11.1. The van der Waals surface area contributed by atoms with E-state index in [1.165, 1.54) is 12.5 Å². The first-order chi connectivity index (χ1) is 15.0. The molecule has 0 radical (unpaired) electrons. The van der Waals surface area contributed by atoms with E-state index in [1.807, 2.05) is 53.4 Å². The minimum Gasteiger partial charge on any atom is -0.371 e. The molecule has 0 atom stereocenters. The smallest absolute Gasteiger partial charge is 0.254 e. The zero-order valence-corrected chi connectivity index (χ0v) is 18.2. The van der Waals surface area contributed by atoms with Gasteiger partial charge in [0.25, 0.3) is 5.91 Å². The largest absolute Gasteiger partial charge is 0.371 e. The quantitative estimate of drug-likeness (QED) is 0.806. The third-order valence-electron chi connectivity index (χ3n) is 6.29. The zero-order valence-electron chi connectivity index (χ0n) is 18.2. The molecule has 2 fully saturated rings. The van der Waals surface area contributed by atoms with Gasteiger partial charge in [-0.1, -0.05) is 30.3 Å². The fraction of sp³-hybridized carbons (Fsp3) is 0.440. The van der Waals surface area contributed by atoms with E-state index < -0.39 is 0 Å². The van der Waals surface area contributed by atoms with Crippen molar-refractivity contribution in [3.63, 3.8) is 0 Å². The molecule has 4 rings (SSSR count). The number of morpholine rings is 1. The molecule has 2 saturated heterocycles. The van der Waals surface area contributed by atoms with Gasteiger partial charge in [0, 0.05) is 44.4 Å². The van der Waals surface area contributed by atoms with Crippen molar-refractivity contribution in [3.05, 3.63) is 65.7 Å². The van der Waals surface area contributed by atoms with E-state index in [2.05, 4.69) is 16.3 Å². The van der Waals surface area contributed by atoms with E-state index in [0.29, 0.717) is 19.7 Å². The second-order valence-electron chi connectivity index (χ2n) is 8.60. The second-order valence-corrected chi connectivity index (χ2v) is 8.60. The monoisotopic (exact) mass is 421 g/mol. The number of ether oxygens (including phenoxy) is 1. The Morgan fingerprint density at radius 3 is 2.55 bits per heavy atom. The van der Waals surface area contributed by atoms with Crippen molar-refractivity contribution >= 4 is 17.5 Å². The van der Waals surface area contributed by atoms with Crippen LogP contribution in [-0.4, -0.2) is 66.5 Å². The van der Waals surface area contributed by atoms with Crippen molar-refractivity contribution in [1.82, 2.24) is 9.80 Å². The molecule has 6 heteroatoms. The molecule has 1 spiro atoms. The Morgan fingerprint density at radius 2 is 1.81 bits per heavy atom. The van der Waals surface area contributed by atoms with Crippen LogP contribution in [0.15, 0.2) is 54.6 Å². The number of carbonyl (C=O) groups is 2. The molecule has 2 amide bonds. The molecule has 0 unspecified atom stereocenters. The van der Waals surface area contributed by atoms with Gasteiger partial charge in [-0.25, -0.2) is 0 Å². The molecule has 31 heavy (non-hydrogen) atoms.